The summed E-state index contributed by atoms with van der Waals surface area (Å²) in [6, 6.07) is 0. The van der Waals surface area contributed by atoms with E-state index in [0.717, 1.165) is 13.0 Å². The van der Waals surface area contributed by atoms with Gasteiger partial charge in [-0.2, -0.15) is 0 Å². The first kappa shape index (κ1) is 7.85. The molecule has 1 aromatic heterocycles. The zero-order valence-corrected chi connectivity index (χ0v) is 6.83. The lowest BCUT2D eigenvalue weighted by Gasteiger charge is -1.95. The van der Waals surface area contributed by atoms with Crippen LogP contribution in [0.1, 0.15) is 13.3 Å². The number of nitrogens with one attached hydrogen (secondary N) is 1. The molecule has 0 saturated heterocycles. The molecule has 0 amide bonds. The van der Waals surface area contributed by atoms with Gasteiger partial charge in [0.05, 0.1) is 12.7 Å². The summed E-state index contributed by atoms with van der Waals surface area (Å²) >= 11 is 0. The average molecular weight is 152 g/mol. The van der Waals surface area contributed by atoms with Crippen LogP contribution in [0.25, 0.3) is 6.20 Å². The van der Waals surface area contributed by atoms with Crippen molar-refractivity contribution in [3.05, 3.63) is 25.3 Å². The lowest BCUT2D eigenvalue weighted by molar-refractivity contribution is -0.567. The minimum atomic E-state index is 0.992. The van der Waals surface area contributed by atoms with Gasteiger partial charge in [-0.1, -0.05) is 13.5 Å². The summed E-state index contributed by atoms with van der Waals surface area (Å²) in [4.78, 5) is 0. The lowest BCUT2D eigenvalue weighted by atomic mass is 10.5. The van der Waals surface area contributed by atoms with Gasteiger partial charge in [-0.3, -0.25) is 5.43 Å². The molecule has 0 aliphatic heterocycles. The van der Waals surface area contributed by atoms with E-state index in [2.05, 4.69) is 18.9 Å². The Morgan fingerprint density at radius 3 is 3.09 bits per heavy atom. The smallest absolute Gasteiger partial charge is 0.256 e. The minimum Gasteiger partial charge on any atom is -0.256 e. The minimum absolute atomic E-state index is 0.992. The van der Waals surface area contributed by atoms with Crippen LogP contribution in [-0.4, -0.2) is 11.2 Å². The molecular weight excluding hydrogens is 138 g/mol. The molecule has 0 saturated carbocycles. The molecule has 0 atom stereocenters. The summed E-state index contributed by atoms with van der Waals surface area (Å²) in [7, 11) is 0. The van der Waals surface area contributed by atoms with Crippen molar-refractivity contribution in [3.8, 4) is 0 Å². The molecule has 60 valence electrons. The second kappa shape index (κ2) is 3.81. The summed E-state index contributed by atoms with van der Waals surface area (Å²) in [5.41, 5.74) is 3.20. The fraction of sp³-hybridized carbons (Fsp3) is 0.375. The van der Waals surface area contributed by atoms with E-state index in [1.54, 1.807) is 6.20 Å². The summed E-state index contributed by atoms with van der Waals surface area (Å²) in [5, 5.41) is 0. The molecule has 3 heteroatoms. The number of rotatable bonds is 4. The number of imidazole rings is 1. The van der Waals surface area contributed by atoms with Crippen LogP contribution in [0.2, 0.25) is 0 Å². The third-order valence-corrected chi connectivity index (χ3v) is 1.41. The van der Waals surface area contributed by atoms with Crippen LogP contribution in [0.5, 0.6) is 0 Å². The lowest BCUT2D eigenvalue weighted by Crippen LogP contribution is -2.23. The van der Waals surface area contributed by atoms with Crippen LogP contribution >= 0.6 is 0 Å². The molecule has 0 radical (unpaired) electrons. The van der Waals surface area contributed by atoms with E-state index in [-0.39, 0.29) is 0 Å². The van der Waals surface area contributed by atoms with E-state index in [0.29, 0.717) is 0 Å². The van der Waals surface area contributed by atoms with Crippen molar-refractivity contribution in [2.24, 2.45) is 0 Å². The quantitative estimate of drug-likeness (QED) is 0.634. The van der Waals surface area contributed by atoms with Gasteiger partial charge in [0.2, 0.25) is 0 Å². The average Bonchev–Trinajstić information content (AvgIpc) is 2.48. The SMILES string of the molecule is C=C[n+]1ccn(NCCC)c1. The summed E-state index contributed by atoms with van der Waals surface area (Å²) in [6.07, 6.45) is 8.71. The molecular formula is C8H14N3+. The van der Waals surface area contributed by atoms with E-state index < -0.39 is 0 Å². The zero-order valence-electron chi connectivity index (χ0n) is 6.83. The highest BCUT2D eigenvalue weighted by Crippen LogP contribution is 1.80. The topological polar surface area (TPSA) is 20.8 Å². The van der Waals surface area contributed by atoms with E-state index in [1.807, 2.05) is 28.0 Å². The van der Waals surface area contributed by atoms with E-state index >= 15 is 0 Å². The second-order valence-electron chi connectivity index (χ2n) is 2.36. The monoisotopic (exact) mass is 152 g/mol. The van der Waals surface area contributed by atoms with Gasteiger partial charge in [0.25, 0.3) is 6.33 Å². The maximum atomic E-state index is 3.65. The van der Waals surface area contributed by atoms with Crippen molar-refractivity contribution in [1.82, 2.24) is 4.68 Å². The number of nitrogens with zero attached hydrogens (tertiary/aromatic N) is 2. The normalized spacial score (nSPS) is 9.55. The fourth-order valence-electron chi connectivity index (χ4n) is 0.812. The van der Waals surface area contributed by atoms with Crippen molar-refractivity contribution >= 4 is 6.20 Å². The van der Waals surface area contributed by atoms with Gasteiger partial charge in [-0.15, -0.1) is 4.68 Å². The Labute approximate surface area is 66.9 Å². The van der Waals surface area contributed by atoms with E-state index in [9.17, 15) is 0 Å². The van der Waals surface area contributed by atoms with Gasteiger partial charge in [0, 0.05) is 0 Å². The van der Waals surface area contributed by atoms with Crippen molar-refractivity contribution in [1.29, 1.82) is 0 Å². The van der Waals surface area contributed by atoms with Gasteiger partial charge in [-0.25, -0.2) is 4.57 Å². The molecule has 11 heavy (non-hydrogen) atoms. The Morgan fingerprint density at radius 1 is 1.73 bits per heavy atom. The molecule has 0 unspecified atom stereocenters. The third kappa shape index (κ3) is 2.11. The maximum Gasteiger partial charge on any atom is 0.271 e. The Kier molecular flexibility index (Phi) is 2.72. The Morgan fingerprint density at radius 2 is 2.55 bits per heavy atom. The summed E-state index contributed by atoms with van der Waals surface area (Å²) in [6.45, 7) is 6.78. The molecule has 0 aliphatic rings. The third-order valence-electron chi connectivity index (χ3n) is 1.41. The van der Waals surface area contributed by atoms with Crippen molar-refractivity contribution < 1.29 is 4.57 Å². The van der Waals surface area contributed by atoms with E-state index in [1.165, 1.54) is 0 Å². The summed E-state index contributed by atoms with van der Waals surface area (Å²) in [5.74, 6) is 0. The molecule has 1 rings (SSSR count). The Balaban J connectivity index is 2.51. The van der Waals surface area contributed by atoms with Crippen LogP contribution in [-0.2, 0) is 0 Å². The van der Waals surface area contributed by atoms with Crippen LogP contribution in [0.15, 0.2) is 25.3 Å². The van der Waals surface area contributed by atoms with Crippen LogP contribution in [0, 0.1) is 0 Å². The number of aromatic nitrogens is 2. The Bertz CT molecular complexity index is 227. The van der Waals surface area contributed by atoms with Gasteiger partial charge >= 0.3 is 0 Å². The molecule has 1 aromatic rings. The first-order valence-corrected chi connectivity index (χ1v) is 3.82. The standard InChI is InChI=1S/C8H14N3/c1-3-5-9-11-7-6-10(4-2)8-11/h4,6-9H,2-3,5H2,1H3/q+1. The number of hydrogen-bond donors (Lipinski definition) is 1. The molecule has 0 aromatic carbocycles. The molecule has 1 heterocycles. The van der Waals surface area contributed by atoms with E-state index in [4.69, 9.17) is 0 Å². The van der Waals surface area contributed by atoms with Gasteiger partial charge in [0.15, 0.2) is 6.20 Å². The van der Waals surface area contributed by atoms with Gasteiger partial charge in [-0.05, 0) is 6.42 Å². The zero-order chi connectivity index (χ0) is 8.10. The van der Waals surface area contributed by atoms with Crippen molar-refractivity contribution in [3.63, 3.8) is 0 Å². The molecule has 0 bridgehead atoms. The molecule has 3 nitrogen and oxygen atoms in total. The molecule has 0 spiro atoms. The largest absolute Gasteiger partial charge is 0.271 e. The van der Waals surface area contributed by atoms with Gasteiger partial charge < -0.3 is 0 Å². The van der Waals surface area contributed by atoms with Crippen molar-refractivity contribution in [2.75, 3.05) is 12.0 Å². The van der Waals surface area contributed by atoms with Gasteiger partial charge in [0.1, 0.15) is 6.20 Å². The maximum absolute atomic E-state index is 3.65. The Hall–Kier alpha value is -1.25. The van der Waals surface area contributed by atoms with Crippen LogP contribution in [0.4, 0.5) is 0 Å². The highest BCUT2D eigenvalue weighted by molar-refractivity contribution is 4.95. The summed E-state index contributed by atoms with van der Waals surface area (Å²) < 4.78 is 3.81. The number of hydrogen-bond acceptors (Lipinski definition) is 1. The first-order valence-electron chi connectivity index (χ1n) is 3.82. The van der Waals surface area contributed by atoms with Crippen LogP contribution < -0.4 is 9.99 Å². The van der Waals surface area contributed by atoms with Crippen LogP contribution in [0.3, 0.4) is 0 Å². The molecule has 0 fully saturated rings. The second-order valence-corrected chi connectivity index (χ2v) is 2.36. The highest BCUT2D eigenvalue weighted by atomic mass is 15.4. The molecule has 0 aliphatic carbocycles. The predicted octanol–water partition coefficient (Wildman–Crippen LogP) is 0.830. The fourth-order valence-corrected chi connectivity index (χ4v) is 0.812. The highest BCUT2D eigenvalue weighted by Gasteiger charge is 1.96. The van der Waals surface area contributed by atoms with Crippen molar-refractivity contribution in [2.45, 2.75) is 13.3 Å². The molecule has 1 N–H and O–H groups in total. The first-order chi connectivity index (χ1) is 5.36. The predicted molar refractivity (Wildman–Crippen MR) is 45.5 cm³/mol.